The first kappa shape index (κ1) is 17.1. The van der Waals surface area contributed by atoms with Gasteiger partial charge in [0.05, 0.1) is 17.6 Å². The summed E-state index contributed by atoms with van der Waals surface area (Å²) in [6.45, 7) is 6.65. The molecule has 1 aliphatic carbocycles. The van der Waals surface area contributed by atoms with Gasteiger partial charge in [-0.15, -0.1) is 11.3 Å². The monoisotopic (exact) mass is 349 g/mol. The first-order chi connectivity index (χ1) is 11.5. The van der Waals surface area contributed by atoms with Crippen molar-refractivity contribution in [1.82, 2.24) is 9.97 Å². The van der Waals surface area contributed by atoms with Gasteiger partial charge in [0.15, 0.2) is 0 Å². The quantitative estimate of drug-likeness (QED) is 0.805. The summed E-state index contributed by atoms with van der Waals surface area (Å²) >= 11 is 1.36. The Labute approximate surface area is 145 Å². The molecule has 0 spiro atoms. The van der Waals surface area contributed by atoms with Crippen molar-refractivity contribution in [3.8, 4) is 0 Å². The third-order valence-electron chi connectivity index (χ3n) is 4.64. The van der Waals surface area contributed by atoms with Crippen molar-refractivity contribution in [1.29, 1.82) is 0 Å². The minimum absolute atomic E-state index is 0.0981. The smallest absolute Gasteiger partial charge is 0.348 e. The van der Waals surface area contributed by atoms with Crippen LogP contribution in [0.2, 0.25) is 0 Å². The molecule has 0 amide bonds. The van der Waals surface area contributed by atoms with E-state index >= 15 is 0 Å². The summed E-state index contributed by atoms with van der Waals surface area (Å²) in [7, 11) is 1.76. The lowest BCUT2D eigenvalue weighted by molar-refractivity contribution is -0.0601. The second kappa shape index (κ2) is 6.64. The zero-order valence-corrected chi connectivity index (χ0v) is 15.4. The molecule has 1 fully saturated rings. The normalized spacial score (nSPS) is 16.0. The van der Waals surface area contributed by atoms with Gasteiger partial charge in [0.25, 0.3) is 0 Å². The highest BCUT2D eigenvalue weighted by atomic mass is 32.1. The molecule has 2 aromatic rings. The molecule has 0 unspecified atom stereocenters. The number of aryl methyl sites for hydroxylation is 2. The van der Waals surface area contributed by atoms with Gasteiger partial charge in [-0.25, -0.2) is 14.8 Å². The number of esters is 1. The van der Waals surface area contributed by atoms with Gasteiger partial charge in [-0.3, -0.25) is 0 Å². The summed E-state index contributed by atoms with van der Waals surface area (Å²) in [5.41, 5.74) is 0.773. The highest BCUT2D eigenvalue weighted by Gasteiger charge is 2.37. The molecule has 3 rings (SSSR count). The predicted molar refractivity (Wildman–Crippen MR) is 94.9 cm³/mol. The minimum Gasteiger partial charge on any atom is -0.462 e. The number of carbonyl (C=O) groups is 1. The third-order valence-corrected chi connectivity index (χ3v) is 5.80. The molecule has 2 heterocycles. The molecular weight excluding hydrogens is 326 g/mol. The summed E-state index contributed by atoms with van der Waals surface area (Å²) in [6.07, 6.45) is 3.30. The molecule has 0 radical (unpaired) electrons. The summed E-state index contributed by atoms with van der Waals surface area (Å²) in [4.78, 5) is 22.6. The van der Waals surface area contributed by atoms with Crippen LogP contribution in [0.5, 0.6) is 0 Å². The summed E-state index contributed by atoms with van der Waals surface area (Å²) in [5.74, 6) is 1.15. The van der Waals surface area contributed by atoms with E-state index in [1.807, 2.05) is 13.8 Å². The van der Waals surface area contributed by atoms with Crippen LogP contribution in [-0.4, -0.2) is 41.8 Å². The predicted octanol–water partition coefficient (Wildman–Crippen LogP) is 3.47. The second-order valence-electron chi connectivity index (χ2n) is 6.17. The van der Waals surface area contributed by atoms with Crippen molar-refractivity contribution in [3.05, 3.63) is 16.3 Å². The number of methoxy groups -OCH3 is 1. The maximum atomic E-state index is 12.1. The average Bonchev–Trinajstić information content (AvgIpc) is 2.83. The van der Waals surface area contributed by atoms with Crippen molar-refractivity contribution < 1.29 is 14.3 Å². The highest BCUT2D eigenvalue weighted by Crippen LogP contribution is 2.37. The van der Waals surface area contributed by atoms with Crippen molar-refractivity contribution in [2.75, 3.05) is 25.6 Å². The van der Waals surface area contributed by atoms with E-state index in [-0.39, 0.29) is 11.6 Å². The first-order valence-corrected chi connectivity index (χ1v) is 9.05. The van der Waals surface area contributed by atoms with Gasteiger partial charge in [0.2, 0.25) is 0 Å². The van der Waals surface area contributed by atoms with Crippen LogP contribution in [0.3, 0.4) is 0 Å². The highest BCUT2D eigenvalue weighted by molar-refractivity contribution is 7.20. The van der Waals surface area contributed by atoms with Crippen molar-refractivity contribution in [2.45, 2.75) is 45.6 Å². The van der Waals surface area contributed by atoms with Gasteiger partial charge in [-0.1, -0.05) is 0 Å². The number of nitrogens with zero attached hydrogens (tertiary/aromatic N) is 2. The molecule has 6 nitrogen and oxygen atoms in total. The van der Waals surface area contributed by atoms with E-state index in [2.05, 4.69) is 15.3 Å². The number of aromatic nitrogens is 2. The fourth-order valence-corrected chi connectivity index (χ4v) is 4.15. The van der Waals surface area contributed by atoms with E-state index < -0.39 is 0 Å². The Morgan fingerprint density at radius 2 is 2.08 bits per heavy atom. The fraction of sp³-hybridized carbons (Fsp3) is 0.588. The molecule has 130 valence electrons. The standard InChI is InChI=1S/C17H23N3O3S/c1-5-23-16(21)13-10(2)12-14(19-11(3)20-15(12)24-13)18-9-17(22-4)7-6-8-17/h5-9H2,1-4H3,(H,18,19,20). The van der Waals surface area contributed by atoms with Gasteiger partial charge in [-0.2, -0.15) is 0 Å². The van der Waals surface area contributed by atoms with Crippen molar-refractivity contribution in [2.24, 2.45) is 0 Å². The zero-order valence-electron chi connectivity index (χ0n) is 14.6. The van der Waals surface area contributed by atoms with E-state index in [1.165, 1.54) is 17.8 Å². The largest absolute Gasteiger partial charge is 0.462 e. The van der Waals surface area contributed by atoms with Gasteiger partial charge in [-0.05, 0) is 45.6 Å². The zero-order chi connectivity index (χ0) is 17.3. The SMILES string of the molecule is CCOC(=O)c1sc2nc(C)nc(NCC3(OC)CCC3)c2c1C. The number of hydrogen-bond acceptors (Lipinski definition) is 7. The Bertz CT molecular complexity index is 763. The molecule has 0 saturated heterocycles. The second-order valence-corrected chi connectivity index (χ2v) is 7.17. The summed E-state index contributed by atoms with van der Waals surface area (Å²) in [5, 5.41) is 4.33. The van der Waals surface area contributed by atoms with E-state index in [4.69, 9.17) is 9.47 Å². The lowest BCUT2D eigenvalue weighted by Crippen LogP contribution is -2.45. The van der Waals surface area contributed by atoms with Crippen molar-refractivity contribution >= 4 is 33.3 Å². The number of fused-ring (bicyclic) bond motifs is 1. The lowest BCUT2D eigenvalue weighted by Gasteiger charge is -2.40. The Morgan fingerprint density at radius 1 is 1.33 bits per heavy atom. The number of ether oxygens (including phenoxy) is 2. The number of nitrogens with one attached hydrogen (secondary N) is 1. The van der Waals surface area contributed by atoms with Crippen LogP contribution in [0.1, 0.15) is 47.2 Å². The molecule has 0 atom stereocenters. The molecule has 1 saturated carbocycles. The van der Waals surface area contributed by atoms with Gasteiger partial charge in [0.1, 0.15) is 21.3 Å². The van der Waals surface area contributed by atoms with E-state index in [0.717, 1.165) is 34.4 Å². The number of hydrogen-bond donors (Lipinski definition) is 1. The lowest BCUT2D eigenvalue weighted by atomic mass is 9.80. The first-order valence-electron chi connectivity index (χ1n) is 8.23. The van der Waals surface area contributed by atoms with Gasteiger partial charge >= 0.3 is 5.97 Å². The Morgan fingerprint density at radius 3 is 2.67 bits per heavy atom. The van der Waals surface area contributed by atoms with Crippen LogP contribution in [0.25, 0.3) is 10.2 Å². The van der Waals surface area contributed by atoms with E-state index in [9.17, 15) is 4.79 Å². The van der Waals surface area contributed by atoms with Crippen LogP contribution in [-0.2, 0) is 9.47 Å². The molecule has 1 aliphatic rings. The molecule has 0 aliphatic heterocycles. The number of rotatable bonds is 6. The van der Waals surface area contributed by atoms with Crippen molar-refractivity contribution in [3.63, 3.8) is 0 Å². The molecule has 2 aromatic heterocycles. The van der Waals surface area contributed by atoms with Crippen LogP contribution in [0, 0.1) is 13.8 Å². The minimum atomic E-state index is -0.297. The van der Waals surface area contributed by atoms with Gasteiger partial charge in [0, 0.05) is 13.7 Å². The summed E-state index contributed by atoms with van der Waals surface area (Å²) in [6, 6.07) is 0. The maximum absolute atomic E-state index is 12.1. The number of thiophene rings is 1. The Hall–Kier alpha value is -1.73. The third kappa shape index (κ3) is 2.98. The topological polar surface area (TPSA) is 73.3 Å². The Kier molecular flexibility index (Phi) is 4.73. The van der Waals surface area contributed by atoms with E-state index in [1.54, 1.807) is 14.0 Å². The molecule has 24 heavy (non-hydrogen) atoms. The molecule has 0 bridgehead atoms. The maximum Gasteiger partial charge on any atom is 0.348 e. The fourth-order valence-electron chi connectivity index (χ4n) is 3.03. The molecule has 1 N–H and O–H groups in total. The van der Waals surface area contributed by atoms with Gasteiger partial charge < -0.3 is 14.8 Å². The molecule has 0 aromatic carbocycles. The Balaban J connectivity index is 1.96. The van der Waals surface area contributed by atoms with Crippen LogP contribution in [0.15, 0.2) is 0 Å². The number of anilines is 1. The van der Waals surface area contributed by atoms with Crippen LogP contribution >= 0.6 is 11.3 Å². The number of carbonyl (C=O) groups excluding carboxylic acids is 1. The van der Waals surface area contributed by atoms with E-state index in [0.29, 0.717) is 23.9 Å². The molecule has 7 heteroatoms. The van der Waals surface area contributed by atoms with Crippen LogP contribution in [0.4, 0.5) is 5.82 Å². The average molecular weight is 349 g/mol. The summed E-state index contributed by atoms with van der Waals surface area (Å²) < 4.78 is 10.8. The molecular formula is C17H23N3O3S. The van der Waals surface area contributed by atoms with Crippen LogP contribution < -0.4 is 5.32 Å².